The summed E-state index contributed by atoms with van der Waals surface area (Å²) in [6.07, 6.45) is 4.07. The van der Waals surface area contributed by atoms with Crippen LogP contribution in [0.15, 0.2) is 12.4 Å². The molecule has 0 unspecified atom stereocenters. The molecule has 1 aromatic rings. The Morgan fingerprint density at radius 2 is 1.94 bits per heavy atom. The van der Waals surface area contributed by atoms with Gasteiger partial charge in [-0.1, -0.05) is 15.9 Å². The van der Waals surface area contributed by atoms with Crippen LogP contribution in [0.5, 0.6) is 0 Å². The highest BCUT2D eigenvalue weighted by atomic mass is 79.9. The third-order valence-electron chi connectivity index (χ3n) is 3.03. The van der Waals surface area contributed by atoms with E-state index in [1.54, 1.807) is 0 Å². The minimum absolute atomic E-state index is 1.04. The Kier molecular flexibility index (Phi) is 4.37. The number of halogens is 1. The second-order valence-corrected chi connectivity index (χ2v) is 5.12. The first-order chi connectivity index (χ1) is 7.78. The summed E-state index contributed by atoms with van der Waals surface area (Å²) in [5.74, 6) is 0. The van der Waals surface area contributed by atoms with Crippen LogP contribution in [0.3, 0.4) is 0 Å². The molecule has 0 atom stereocenters. The highest BCUT2D eigenvalue weighted by Gasteiger charge is 2.16. The van der Waals surface area contributed by atoms with Gasteiger partial charge in [0.15, 0.2) is 0 Å². The van der Waals surface area contributed by atoms with E-state index in [-0.39, 0.29) is 0 Å². The van der Waals surface area contributed by atoms with Crippen LogP contribution in [0.4, 0.5) is 0 Å². The lowest BCUT2D eigenvalue weighted by Gasteiger charge is -2.34. The number of alkyl halides is 1. The molecule has 0 amide bonds. The number of hydrogen-bond acceptors (Lipinski definition) is 3. The van der Waals surface area contributed by atoms with Crippen molar-refractivity contribution in [1.82, 2.24) is 19.6 Å². The van der Waals surface area contributed by atoms with Gasteiger partial charge >= 0.3 is 0 Å². The maximum absolute atomic E-state index is 4.20. The van der Waals surface area contributed by atoms with Gasteiger partial charge in [0, 0.05) is 63.4 Å². The van der Waals surface area contributed by atoms with Gasteiger partial charge in [0.25, 0.3) is 0 Å². The summed E-state index contributed by atoms with van der Waals surface area (Å²) in [5, 5.41) is 5.28. The van der Waals surface area contributed by atoms with Gasteiger partial charge in [-0.2, -0.15) is 5.10 Å². The van der Waals surface area contributed by atoms with Crippen molar-refractivity contribution in [2.75, 3.05) is 38.1 Å². The number of rotatable bonds is 4. The third kappa shape index (κ3) is 3.30. The normalized spacial score (nSPS) is 19.1. The molecule has 0 N–H and O–H groups in total. The Balaban J connectivity index is 1.77. The molecule has 2 rings (SSSR count). The molecule has 4 nitrogen and oxygen atoms in total. The summed E-state index contributed by atoms with van der Waals surface area (Å²) in [5.41, 5.74) is 1.32. The molecule has 1 aliphatic rings. The van der Waals surface area contributed by atoms with E-state index in [1.165, 1.54) is 38.3 Å². The van der Waals surface area contributed by atoms with Crippen LogP contribution in [0.1, 0.15) is 5.56 Å². The number of aryl methyl sites for hydroxylation is 1. The fourth-order valence-electron chi connectivity index (χ4n) is 2.10. The fourth-order valence-corrected chi connectivity index (χ4v) is 2.60. The van der Waals surface area contributed by atoms with Crippen LogP contribution in [0.25, 0.3) is 0 Å². The first-order valence-corrected chi connectivity index (χ1v) is 6.88. The monoisotopic (exact) mass is 286 g/mol. The van der Waals surface area contributed by atoms with Crippen molar-refractivity contribution in [3.63, 3.8) is 0 Å². The van der Waals surface area contributed by atoms with Crippen LogP contribution in [-0.4, -0.2) is 57.6 Å². The van der Waals surface area contributed by atoms with Gasteiger partial charge in [0.1, 0.15) is 0 Å². The minimum atomic E-state index is 1.04. The first kappa shape index (κ1) is 12.1. The molecule has 2 heterocycles. The summed E-state index contributed by atoms with van der Waals surface area (Å²) < 4.78 is 1.87. The molecule has 1 saturated heterocycles. The predicted molar refractivity (Wildman–Crippen MR) is 68.7 cm³/mol. The molecule has 1 aliphatic heterocycles. The molecule has 0 radical (unpaired) electrons. The predicted octanol–water partition coefficient (Wildman–Crippen LogP) is 0.933. The van der Waals surface area contributed by atoms with Crippen LogP contribution >= 0.6 is 15.9 Å². The Morgan fingerprint density at radius 3 is 2.50 bits per heavy atom. The number of nitrogens with zero attached hydrogens (tertiary/aromatic N) is 4. The molecule has 0 aliphatic carbocycles. The van der Waals surface area contributed by atoms with Crippen molar-refractivity contribution in [3.8, 4) is 0 Å². The quantitative estimate of drug-likeness (QED) is 0.770. The standard InChI is InChI=1S/C11H19BrN4/c1-14-9-11(8-13-14)10-16-6-4-15(3-2-12)5-7-16/h8-9H,2-7,10H2,1H3. The van der Waals surface area contributed by atoms with E-state index in [4.69, 9.17) is 0 Å². The van der Waals surface area contributed by atoms with E-state index in [9.17, 15) is 0 Å². The second-order valence-electron chi connectivity index (χ2n) is 4.33. The van der Waals surface area contributed by atoms with Crippen molar-refractivity contribution in [2.45, 2.75) is 6.54 Å². The van der Waals surface area contributed by atoms with Gasteiger partial charge in [-0.3, -0.25) is 14.5 Å². The summed E-state index contributed by atoms with van der Waals surface area (Å²) in [6.45, 7) is 6.91. The average Bonchev–Trinajstić information content (AvgIpc) is 2.67. The van der Waals surface area contributed by atoms with Gasteiger partial charge in [-0.25, -0.2) is 0 Å². The number of piperazine rings is 1. The van der Waals surface area contributed by atoms with Crippen molar-refractivity contribution in [1.29, 1.82) is 0 Å². The molecule has 0 saturated carbocycles. The van der Waals surface area contributed by atoms with E-state index in [2.05, 4.69) is 37.0 Å². The summed E-state index contributed by atoms with van der Waals surface area (Å²) in [4.78, 5) is 5.01. The van der Waals surface area contributed by atoms with Crippen LogP contribution in [0, 0.1) is 0 Å². The van der Waals surface area contributed by atoms with E-state index >= 15 is 0 Å². The minimum Gasteiger partial charge on any atom is -0.300 e. The summed E-state index contributed by atoms with van der Waals surface area (Å²) in [6, 6.07) is 0. The van der Waals surface area contributed by atoms with Crippen molar-refractivity contribution in [2.24, 2.45) is 7.05 Å². The van der Waals surface area contributed by atoms with Crippen molar-refractivity contribution in [3.05, 3.63) is 18.0 Å². The van der Waals surface area contributed by atoms with E-state index in [0.717, 1.165) is 11.9 Å². The lowest BCUT2D eigenvalue weighted by molar-refractivity contribution is 0.133. The maximum atomic E-state index is 4.20. The zero-order valence-electron chi connectivity index (χ0n) is 9.77. The Hall–Kier alpha value is -0.390. The van der Waals surface area contributed by atoms with Gasteiger partial charge in [-0.05, 0) is 0 Å². The van der Waals surface area contributed by atoms with Crippen molar-refractivity contribution < 1.29 is 0 Å². The Labute approximate surface area is 105 Å². The molecular formula is C11H19BrN4. The summed E-state index contributed by atoms with van der Waals surface area (Å²) in [7, 11) is 1.97. The molecule has 16 heavy (non-hydrogen) atoms. The largest absolute Gasteiger partial charge is 0.300 e. The molecule has 1 aromatic heterocycles. The third-order valence-corrected chi connectivity index (χ3v) is 3.38. The topological polar surface area (TPSA) is 24.3 Å². The van der Waals surface area contributed by atoms with Gasteiger partial charge in [0.2, 0.25) is 0 Å². The lowest BCUT2D eigenvalue weighted by atomic mass is 10.2. The van der Waals surface area contributed by atoms with Crippen molar-refractivity contribution >= 4 is 15.9 Å². The molecule has 5 heteroatoms. The van der Waals surface area contributed by atoms with Crippen LogP contribution in [-0.2, 0) is 13.6 Å². The van der Waals surface area contributed by atoms with Gasteiger partial charge < -0.3 is 0 Å². The highest BCUT2D eigenvalue weighted by Crippen LogP contribution is 2.07. The molecule has 0 bridgehead atoms. The van der Waals surface area contributed by atoms with Crippen LogP contribution < -0.4 is 0 Å². The molecule has 1 fully saturated rings. The lowest BCUT2D eigenvalue weighted by Crippen LogP contribution is -2.46. The zero-order chi connectivity index (χ0) is 11.4. The smallest absolute Gasteiger partial charge is 0.0534 e. The van der Waals surface area contributed by atoms with Gasteiger partial charge in [-0.15, -0.1) is 0 Å². The second kappa shape index (κ2) is 5.80. The molecule has 0 spiro atoms. The van der Waals surface area contributed by atoms with E-state index < -0.39 is 0 Å². The first-order valence-electron chi connectivity index (χ1n) is 5.76. The molecule has 0 aromatic carbocycles. The van der Waals surface area contributed by atoms with E-state index in [0.29, 0.717) is 0 Å². The SMILES string of the molecule is Cn1cc(CN2CCN(CCBr)CC2)cn1. The summed E-state index contributed by atoms with van der Waals surface area (Å²) >= 11 is 3.49. The fraction of sp³-hybridized carbons (Fsp3) is 0.727. The Bertz CT molecular complexity index is 318. The number of aromatic nitrogens is 2. The van der Waals surface area contributed by atoms with Gasteiger partial charge in [0.05, 0.1) is 6.20 Å². The van der Waals surface area contributed by atoms with E-state index in [1.807, 2.05) is 17.9 Å². The Morgan fingerprint density at radius 1 is 1.25 bits per heavy atom. The number of hydrogen-bond donors (Lipinski definition) is 0. The highest BCUT2D eigenvalue weighted by molar-refractivity contribution is 9.09. The zero-order valence-corrected chi connectivity index (χ0v) is 11.4. The average molecular weight is 287 g/mol. The molecular weight excluding hydrogens is 268 g/mol. The molecule has 90 valence electrons. The maximum Gasteiger partial charge on any atom is 0.0534 e. The van der Waals surface area contributed by atoms with Crippen LogP contribution in [0.2, 0.25) is 0 Å².